The van der Waals surface area contributed by atoms with E-state index in [4.69, 9.17) is 5.73 Å². The maximum Gasteiger partial charge on any atom is 0.255 e. The van der Waals surface area contributed by atoms with Crippen molar-refractivity contribution >= 4 is 5.91 Å². The normalized spacial score (nSPS) is 14.5. The van der Waals surface area contributed by atoms with Crippen molar-refractivity contribution in [1.82, 2.24) is 15.1 Å². The third-order valence-corrected chi connectivity index (χ3v) is 2.84. The van der Waals surface area contributed by atoms with Crippen LogP contribution in [0.15, 0.2) is 0 Å². The van der Waals surface area contributed by atoms with Crippen LogP contribution in [0.4, 0.5) is 0 Å². The van der Waals surface area contributed by atoms with Crippen LogP contribution in [0.5, 0.6) is 0 Å². The van der Waals surface area contributed by atoms with Gasteiger partial charge in [0.05, 0.1) is 11.3 Å². The third kappa shape index (κ3) is 3.30. The van der Waals surface area contributed by atoms with Crippen molar-refractivity contribution in [3.8, 4) is 0 Å². The summed E-state index contributed by atoms with van der Waals surface area (Å²) in [5, 5.41) is 7.18. The molecule has 1 aromatic heterocycles. The van der Waals surface area contributed by atoms with E-state index in [0.717, 1.165) is 17.8 Å². The van der Waals surface area contributed by atoms with Gasteiger partial charge in [0.1, 0.15) is 0 Å². The second-order valence-electron chi connectivity index (χ2n) is 4.76. The lowest BCUT2D eigenvalue weighted by Crippen LogP contribution is -2.37. The van der Waals surface area contributed by atoms with Gasteiger partial charge in [0.2, 0.25) is 0 Å². The topological polar surface area (TPSA) is 72.9 Å². The van der Waals surface area contributed by atoms with E-state index in [-0.39, 0.29) is 18.0 Å². The van der Waals surface area contributed by atoms with Crippen LogP contribution in [0.1, 0.15) is 42.0 Å². The van der Waals surface area contributed by atoms with E-state index in [9.17, 15) is 4.79 Å². The Balaban J connectivity index is 2.76. The largest absolute Gasteiger partial charge is 0.349 e. The molecule has 1 amide bonds. The van der Waals surface area contributed by atoms with Crippen molar-refractivity contribution in [2.24, 2.45) is 12.8 Å². The summed E-state index contributed by atoms with van der Waals surface area (Å²) in [6.45, 7) is 7.63. The van der Waals surface area contributed by atoms with Crippen LogP contribution in [0.25, 0.3) is 0 Å². The van der Waals surface area contributed by atoms with E-state index in [1.807, 2.05) is 34.7 Å². The van der Waals surface area contributed by atoms with Gasteiger partial charge in [-0.25, -0.2) is 0 Å². The molecule has 0 aliphatic heterocycles. The summed E-state index contributed by atoms with van der Waals surface area (Å²) < 4.78 is 1.72. The Labute approximate surface area is 102 Å². The summed E-state index contributed by atoms with van der Waals surface area (Å²) in [6, 6.07) is 0.155. The van der Waals surface area contributed by atoms with Gasteiger partial charge in [0, 0.05) is 24.8 Å². The molecule has 0 spiro atoms. The van der Waals surface area contributed by atoms with Gasteiger partial charge < -0.3 is 11.1 Å². The number of aryl methyl sites for hydroxylation is 2. The molecule has 0 aliphatic carbocycles. The monoisotopic (exact) mass is 238 g/mol. The molecule has 2 atom stereocenters. The zero-order chi connectivity index (χ0) is 13.2. The number of nitrogens with two attached hydrogens (primary N) is 1. The average molecular weight is 238 g/mol. The van der Waals surface area contributed by atoms with Crippen molar-refractivity contribution in [3.63, 3.8) is 0 Å². The lowest BCUT2D eigenvalue weighted by atomic mass is 10.1. The second-order valence-corrected chi connectivity index (χ2v) is 4.76. The molecule has 0 saturated carbocycles. The number of aromatic nitrogens is 2. The van der Waals surface area contributed by atoms with Crippen LogP contribution in [0.2, 0.25) is 0 Å². The highest BCUT2D eigenvalue weighted by Gasteiger charge is 2.18. The van der Waals surface area contributed by atoms with Crippen molar-refractivity contribution in [1.29, 1.82) is 0 Å². The minimum Gasteiger partial charge on any atom is -0.349 e. The Morgan fingerprint density at radius 2 is 2.06 bits per heavy atom. The summed E-state index contributed by atoms with van der Waals surface area (Å²) in [5.74, 6) is -0.0683. The maximum absolute atomic E-state index is 12.1. The highest BCUT2D eigenvalue weighted by molar-refractivity contribution is 5.96. The first kappa shape index (κ1) is 13.7. The van der Waals surface area contributed by atoms with E-state index >= 15 is 0 Å². The first-order chi connectivity index (χ1) is 7.82. The summed E-state index contributed by atoms with van der Waals surface area (Å²) in [4.78, 5) is 12.1. The van der Waals surface area contributed by atoms with E-state index in [1.165, 1.54) is 0 Å². The Morgan fingerprint density at radius 1 is 1.47 bits per heavy atom. The number of nitrogens with zero attached hydrogens (tertiary/aromatic N) is 2. The summed E-state index contributed by atoms with van der Waals surface area (Å²) in [6.07, 6.45) is 0.768. The molecule has 0 radical (unpaired) electrons. The van der Waals surface area contributed by atoms with Crippen molar-refractivity contribution in [2.45, 2.75) is 46.2 Å². The molecule has 3 N–H and O–H groups in total. The van der Waals surface area contributed by atoms with E-state index < -0.39 is 0 Å². The summed E-state index contributed by atoms with van der Waals surface area (Å²) in [7, 11) is 1.84. The molecular weight excluding hydrogens is 216 g/mol. The van der Waals surface area contributed by atoms with Gasteiger partial charge in [-0.3, -0.25) is 9.48 Å². The molecule has 17 heavy (non-hydrogen) atoms. The first-order valence-electron chi connectivity index (χ1n) is 5.89. The molecular formula is C12H22N4O. The fraction of sp³-hybridized carbons (Fsp3) is 0.667. The van der Waals surface area contributed by atoms with Gasteiger partial charge in [-0.15, -0.1) is 0 Å². The Morgan fingerprint density at radius 3 is 2.47 bits per heavy atom. The quantitative estimate of drug-likeness (QED) is 0.818. The van der Waals surface area contributed by atoms with E-state index in [0.29, 0.717) is 5.56 Å². The SMILES string of the molecule is Cc1nn(C)c(C)c1C(=O)NC(C)CC(C)N. The first-order valence-corrected chi connectivity index (χ1v) is 5.89. The van der Waals surface area contributed by atoms with Crippen molar-refractivity contribution < 1.29 is 4.79 Å². The van der Waals surface area contributed by atoms with Gasteiger partial charge in [-0.05, 0) is 34.1 Å². The number of amides is 1. The molecule has 0 aromatic carbocycles. The van der Waals surface area contributed by atoms with Gasteiger partial charge in [0.15, 0.2) is 0 Å². The Hall–Kier alpha value is -1.36. The highest BCUT2D eigenvalue weighted by Crippen LogP contribution is 2.12. The standard InChI is InChI=1S/C12H22N4O/c1-7(13)6-8(2)14-12(17)11-9(3)15-16(5)10(11)4/h7-8H,6,13H2,1-5H3,(H,14,17). The molecule has 1 aromatic rings. The highest BCUT2D eigenvalue weighted by atomic mass is 16.1. The molecule has 5 heteroatoms. The second kappa shape index (κ2) is 5.31. The zero-order valence-corrected chi connectivity index (χ0v) is 11.2. The Kier molecular flexibility index (Phi) is 4.28. The van der Waals surface area contributed by atoms with E-state index in [1.54, 1.807) is 4.68 Å². The van der Waals surface area contributed by atoms with Crippen molar-refractivity contribution in [2.75, 3.05) is 0 Å². The fourth-order valence-corrected chi connectivity index (χ4v) is 2.01. The molecule has 0 fully saturated rings. The predicted molar refractivity (Wildman–Crippen MR) is 67.9 cm³/mol. The van der Waals surface area contributed by atoms with Crippen LogP contribution in [-0.2, 0) is 7.05 Å². The molecule has 2 unspecified atom stereocenters. The third-order valence-electron chi connectivity index (χ3n) is 2.84. The molecule has 1 heterocycles. The molecule has 96 valence electrons. The Bertz CT molecular complexity index is 409. The minimum atomic E-state index is -0.0683. The van der Waals surface area contributed by atoms with Crippen molar-refractivity contribution in [3.05, 3.63) is 17.0 Å². The molecule has 0 saturated heterocycles. The number of carbonyl (C=O) groups excluding carboxylic acids is 1. The van der Waals surface area contributed by atoms with Crippen LogP contribution in [0, 0.1) is 13.8 Å². The van der Waals surface area contributed by atoms with Crippen LogP contribution in [-0.4, -0.2) is 27.8 Å². The molecule has 5 nitrogen and oxygen atoms in total. The van der Waals surface area contributed by atoms with E-state index in [2.05, 4.69) is 10.4 Å². The van der Waals surface area contributed by atoms with Gasteiger partial charge in [-0.2, -0.15) is 5.10 Å². The summed E-state index contributed by atoms with van der Waals surface area (Å²) >= 11 is 0. The number of hydrogen-bond donors (Lipinski definition) is 2. The number of hydrogen-bond acceptors (Lipinski definition) is 3. The zero-order valence-electron chi connectivity index (χ0n) is 11.2. The predicted octanol–water partition coefficient (Wildman–Crippen LogP) is 0.893. The molecule has 0 aliphatic rings. The lowest BCUT2D eigenvalue weighted by Gasteiger charge is -2.16. The number of carbonyl (C=O) groups is 1. The molecule has 1 rings (SSSR count). The van der Waals surface area contributed by atoms with Crippen LogP contribution in [0.3, 0.4) is 0 Å². The smallest absolute Gasteiger partial charge is 0.255 e. The van der Waals surface area contributed by atoms with Gasteiger partial charge in [0.25, 0.3) is 5.91 Å². The number of nitrogens with one attached hydrogen (secondary N) is 1. The van der Waals surface area contributed by atoms with Crippen LogP contribution < -0.4 is 11.1 Å². The maximum atomic E-state index is 12.1. The fourth-order valence-electron chi connectivity index (χ4n) is 2.01. The molecule has 0 bridgehead atoms. The summed E-state index contributed by atoms with van der Waals surface area (Å²) in [5.41, 5.74) is 8.02. The van der Waals surface area contributed by atoms with Gasteiger partial charge in [-0.1, -0.05) is 0 Å². The van der Waals surface area contributed by atoms with Gasteiger partial charge >= 0.3 is 0 Å². The number of rotatable bonds is 4. The van der Waals surface area contributed by atoms with Crippen LogP contribution >= 0.6 is 0 Å². The average Bonchev–Trinajstić information content (AvgIpc) is 2.39. The lowest BCUT2D eigenvalue weighted by molar-refractivity contribution is 0.0936. The minimum absolute atomic E-state index is 0.0683.